The molecular weight excluding hydrogens is 406 g/mol. The van der Waals surface area contributed by atoms with Crippen LogP contribution in [0.1, 0.15) is 104 Å². The van der Waals surface area contributed by atoms with E-state index >= 15 is 0 Å². The number of unbranched alkanes of at least 4 members (excludes halogenated alkanes) is 11. The summed E-state index contributed by atoms with van der Waals surface area (Å²) in [4.78, 5) is 18.3. The van der Waals surface area contributed by atoms with E-state index < -0.39 is 18.3 Å². The molecule has 5 nitrogen and oxygen atoms in total. The van der Waals surface area contributed by atoms with Crippen LogP contribution in [0.3, 0.4) is 0 Å². The summed E-state index contributed by atoms with van der Waals surface area (Å²) in [5.41, 5.74) is 0. The van der Waals surface area contributed by atoms with Crippen molar-refractivity contribution < 1.29 is 43.3 Å². The molecule has 0 bridgehead atoms. The standard InChI is InChI=1S/C18H36O2.CH2O.H2O2S.Zn/c1-17(2)15-13-11-9-7-5-3-4-6-8-10-12-14-16-18(19)20;1-2;1-3-2;/h17H,3-16H2,1-2H3,(H,19,20);1H2;1-2H;/q;;;+2/p-2. The zero-order valence-corrected chi connectivity index (χ0v) is 20.7. The van der Waals surface area contributed by atoms with E-state index in [1.807, 2.05) is 6.79 Å². The Kier molecular flexibility index (Phi) is 42.2. The first-order chi connectivity index (χ1) is 12.0. The van der Waals surface area contributed by atoms with Gasteiger partial charge in [0.25, 0.3) is 0 Å². The van der Waals surface area contributed by atoms with Crippen LogP contribution in [0.2, 0.25) is 0 Å². The van der Waals surface area contributed by atoms with Gasteiger partial charge in [-0.25, -0.2) is 0 Å². The summed E-state index contributed by atoms with van der Waals surface area (Å²) in [5, 5.41) is 8.52. The number of carbonyl (C=O) groups is 2. The third kappa shape index (κ3) is 43.9. The molecule has 26 heavy (non-hydrogen) atoms. The summed E-state index contributed by atoms with van der Waals surface area (Å²) in [5.74, 6) is 0.212. The zero-order valence-electron chi connectivity index (χ0n) is 16.9. The molecule has 0 heterocycles. The van der Waals surface area contributed by atoms with Gasteiger partial charge in [-0.1, -0.05) is 90.9 Å². The maximum Gasteiger partial charge on any atom is 2.00 e. The predicted molar refractivity (Wildman–Crippen MR) is 103 cm³/mol. The van der Waals surface area contributed by atoms with Crippen LogP contribution in [0.15, 0.2) is 0 Å². The SMILES string of the molecule is C=O.CC(C)CCCCCCCCCCCCCCC(=O)O.[O-]S[O-].[Zn+2]. The molecule has 0 unspecified atom stereocenters. The molecule has 0 atom stereocenters. The van der Waals surface area contributed by atoms with Crippen molar-refractivity contribution in [3.63, 3.8) is 0 Å². The van der Waals surface area contributed by atoms with Crippen LogP contribution < -0.4 is 0 Å². The summed E-state index contributed by atoms with van der Waals surface area (Å²) >= 11 is -0.750. The van der Waals surface area contributed by atoms with Gasteiger partial charge >= 0.3 is 25.4 Å². The molecule has 0 aromatic heterocycles. The molecule has 0 fully saturated rings. The van der Waals surface area contributed by atoms with Gasteiger partial charge in [0, 0.05) is 6.42 Å². The van der Waals surface area contributed by atoms with E-state index in [0.29, 0.717) is 6.42 Å². The minimum atomic E-state index is -0.750. The first kappa shape index (κ1) is 33.6. The van der Waals surface area contributed by atoms with Crippen molar-refractivity contribution in [2.75, 3.05) is 0 Å². The van der Waals surface area contributed by atoms with Crippen LogP contribution >= 0.6 is 12.3 Å². The van der Waals surface area contributed by atoms with Crippen molar-refractivity contribution in [2.45, 2.75) is 104 Å². The van der Waals surface area contributed by atoms with Crippen molar-refractivity contribution in [3.8, 4) is 0 Å². The molecule has 7 heteroatoms. The summed E-state index contributed by atoms with van der Waals surface area (Å²) in [6, 6.07) is 0. The van der Waals surface area contributed by atoms with Gasteiger partial charge in [-0.2, -0.15) is 0 Å². The Hall–Kier alpha value is 0.0334. The Bertz CT molecular complexity index is 256. The fourth-order valence-corrected chi connectivity index (χ4v) is 2.60. The normalized spacial score (nSPS) is 9.42. The first-order valence-electron chi connectivity index (χ1n) is 9.47. The third-order valence-corrected chi connectivity index (χ3v) is 3.92. The van der Waals surface area contributed by atoms with Gasteiger partial charge < -0.3 is 31.3 Å². The number of hydrogen-bond acceptors (Lipinski definition) is 5. The monoisotopic (exact) mass is 442 g/mol. The Balaban J connectivity index is -0.000000362. The third-order valence-electron chi connectivity index (χ3n) is 3.92. The first-order valence-corrected chi connectivity index (χ1v) is 10.1. The molecule has 0 spiro atoms. The molecule has 0 saturated carbocycles. The summed E-state index contributed by atoms with van der Waals surface area (Å²) < 4.78 is 16.6. The molecule has 0 aromatic carbocycles. The van der Waals surface area contributed by atoms with Gasteiger partial charge in [0.1, 0.15) is 6.79 Å². The van der Waals surface area contributed by atoms with Crippen LogP contribution in [0, 0.1) is 5.92 Å². The number of carbonyl (C=O) groups excluding carboxylic acids is 1. The van der Waals surface area contributed by atoms with E-state index in [-0.39, 0.29) is 19.5 Å². The smallest absolute Gasteiger partial charge is 0.811 e. The molecule has 0 aliphatic heterocycles. The van der Waals surface area contributed by atoms with E-state index in [2.05, 4.69) is 13.8 Å². The number of carboxylic acids is 1. The van der Waals surface area contributed by atoms with Crippen molar-refractivity contribution in [2.24, 2.45) is 5.92 Å². The summed E-state index contributed by atoms with van der Waals surface area (Å²) in [7, 11) is 0. The van der Waals surface area contributed by atoms with E-state index in [4.69, 9.17) is 19.0 Å². The van der Waals surface area contributed by atoms with Gasteiger partial charge in [-0.15, -0.1) is 0 Å². The molecule has 1 N–H and O–H groups in total. The maximum atomic E-state index is 10.3. The van der Waals surface area contributed by atoms with Crippen molar-refractivity contribution in [1.82, 2.24) is 0 Å². The maximum absolute atomic E-state index is 10.3. The zero-order chi connectivity index (χ0) is 19.8. The van der Waals surface area contributed by atoms with Crippen LogP contribution in [-0.2, 0) is 29.1 Å². The Morgan fingerprint density at radius 3 is 1.35 bits per heavy atom. The molecule has 0 aromatic rings. The molecule has 0 radical (unpaired) electrons. The van der Waals surface area contributed by atoms with Crippen molar-refractivity contribution in [3.05, 3.63) is 0 Å². The fourth-order valence-electron chi connectivity index (χ4n) is 2.60. The average molecular weight is 444 g/mol. The predicted octanol–water partition coefficient (Wildman–Crippen LogP) is 5.98. The Labute approximate surface area is 177 Å². The van der Waals surface area contributed by atoms with Crippen LogP contribution in [-0.4, -0.2) is 27.0 Å². The minimum absolute atomic E-state index is 0. The van der Waals surface area contributed by atoms with Gasteiger partial charge in [0.05, 0.1) is 0 Å². The number of hydrogen-bond donors (Lipinski definition) is 1. The van der Waals surface area contributed by atoms with E-state index in [0.717, 1.165) is 18.8 Å². The summed E-state index contributed by atoms with van der Waals surface area (Å²) in [6.07, 6.45) is 17.3. The molecular formula is C19H38O5SZn. The quantitative estimate of drug-likeness (QED) is 0.190. The Morgan fingerprint density at radius 1 is 0.808 bits per heavy atom. The van der Waals surface area contributed by atoms with Crippen LogP contribution in [0.4, 0.5) is 0 Å². The number of carboxylic acid groups (broad SMARTS) is 1. The molecule has 0 aliphatic carbocycles. The largest absolute Gasteiger partial charge is 2.00 e. The van der Waals surface area contributed by atoms with Crippen LogP contribution in [0.25, 0.3) is 0 Å². The van der Waals surface area contributed by atoms with E-state index in [1.165, 1.54) is 70.6 Å². The van der Waals surface area contributed by atoms with Gasteiger partial charge in [0.2, 0.25) is 0 Å². The molecule has 0 aliphatic rings. The molecule has 152 valence electrons. The van der Waals surface area contributed by atoms with E-state index in [1.54, 1.807) is 0 Å². The summed E-state index contributed by atoms with van der Waals surface area (Å²) in [6.45, 7) is 6.61. The second-order valence-corrected chi connectivity index (χ2v) is 6.77. The topological polar surface area (TPSA) is 100 Å². The van der Waals surface area contributed by atoms with Crippen LogP contribution in [0.5, 0.6) is 0 Å². The second kappa shape index (κ2) is 32.7. The second-order valence-electron chi connectivity index (χ2n) is 6.64. The van der Waals surface area contributed by atoms with Crippen molar-refractivity contribution in [1.29, 1.82) is 0 Å². The van der Waals surface area contributed by atoms with E-state index in [9.17, 15) is 4.79 Å². The average Bonchev–Trinajstić information content (AvgIpc) is 2.57. The number of aliphatic carboxylic acids is 1. The van der Waals surface area contributed by atoms with Crippen molar-refractivity contribution >= 4 is 25.1 Å². The molecule has 0 amide bonds. The minimum Gasteiger partial charge on any atom is -0.811 e. The van der Waals surface area contributed by atoms with Gasteiger partial charge in [0.15, 0.2) is 0 Å². The molecule has 0 saturated heterocycles. The fraction of sp³-hybridized carbons (Fsp3) is 0.895. The van der Waals surface area contributed by atoms with Gasteiger partial charge in [-0.3, -0.25) is 4.79 Å². The van der Waals surface area contributed by atoms with Gasteiger partial charge in [-0.05, 0) is 12.3 Å². The Morgan fingerprint density at radius 2 is 1.08 bits per heavy atom. The molecule has 0 rings (SSSR count). The number of rotatable bonds is 15.